The van der Waals surface area contributed by atoms with Crippen LogP contribution in [0, 0.1) is 0 Å². The lowest BCUT2D eigenvalue weighted by molar-refractivity contribution is -0.113. The van der Waals surface area contributed by atoms with Crippen LogP contribution in [0.25, 0.3) is 0 Å². The van der Waals surface area contributed by atoms with E-state index in [0.29, 0.717) is 5.75 Å². The summed E-state index contributed by atoms with van der Waals surface area (Å²) < 4.78 is 5.22. The maximum Gasteiger partial charge on any atom is 0.234 e. The standard InChI is InChI=1S/C23H26N4O2S/c1-27-13-11-23(12-14-27)25-21(17-7-4-3-5-8-17)22(26-23)30-16-20(28)24-18-9-6-10-19(15-18)29-2/h3-10,15H,11-14,16H2,1-2H3,(H,24,28). The monoisotopic (exact) mass is 422 g/mol. The van der Waals surface area contributed by atoms with Gasteiger partial charge in [-0.05, 0) is 19.2 Å². The number of rotatable bonds is 5. The van der Waals surface area contributed by atoms with Gasteiger partial charge in [-0.3, -0.25) is 9.79 Å². The van der Waals surface area contributed by atoms with Crippen LogP contribution in [0.4, 0.5) is 5.69 Å². The molecule has 1 spiro atoms. The predicted molar refractivity (Wildman–Crippen MR) is 124 cm³/mol. The highest BCUT2D eigenvalue weighted by Crippen LogP contribution is 2.35. The molecule has 0 radical (unpaired) electrons. The van der Waals surface area contributed by atoms with Crippen molar-refractivity contribution in [1.82, 2.24) is 4.90 Å². The van der Waals surface area contributed by atoms with Gasteiger partial charge in [-0.25, -0.2) is 4.99 Å². The smallest absolute Gasteiger partial charge is 0.234 e. The van der Waals surface area contributed by atoms with Crippen molar-refractivity contribution in [2.45, 2.75) is 18.5 Å². The lowest BCUT2D eigenvalue weighted by Gasteiger charge is -2.33. The molecule has 1 N–H and O–H groups in total. The maximum absolute atomic E-state index is 12.5. The number of hydrogen-bond acceptors (Lipinski definition) is 6. The molecule has 156 valence electrons. The highest BCUT2D eigenvalue weighted by atomic mass is 32.2. The molecule has 0 bridgehead atoms. The number of methoxy groups -OCH3 is 1. The molecule has 1 saturated heterocycles. The van der Waals surface area contributed by atoms with Gasteiger partial charge in [0.1, 0.15) is 10.8 Å². The number of benzene rings is 2. The Hall–Kier alpha value is -2.64. The van der Waals surface area contributed by atoms with Gasteiger partial charge in [0.15, 0.2) is 5.66 Å². The van der Waals surface area contributed by atoms with Crippen LogP contribution in [0.15, 0.2) is 64.6 Å². The number of thioether (sulfide) groups is 1. The first-order valence-electron chi connectivity index (χ1n) is 10.1. The Morgan fingerprint density at radius 3 is 2.63 bits per heavy atom. The third kappa shape index (κ3) is 4.74. The number of aliphatic imine (C=N–C) groups is 2. The van der Waals surface area contributed by atoms with Crippen molar-refractivity contribution >= 4 is 34.1 Å². The van der Waals surface area contributed by atoms with Crippen LogP contribution < -0.4 is 10.1 Å². The first kappa shape index (κ1) is 20.6. The number of carbonyl (C=O) groups is 1. The van der Waals surface area contributed by atoms with E-state index in [4.69, 9.17) is 14.7 Å². The van der Waals surface area contributed by atoms with Gasteiger partial charge in [0.25, 0.3) is 0 Å². The first-order chi connectivity index (χ1) is 14.6. The zero-order chi connectivity index (χ0) is 21.0. The molecule has 0 unspecified atom stereocenters. The average Bonchev–Trinajstić information content (AvgIpc) is 3.14. The lowest BCUT2D eigenvalue weighted by Crippen LogP contribution is -2.39. The molecule has 4 rings (SSSR count). The van der Waals surface area contributed by atoms with Gasteiger partial charge in [0.2, 0.25) is 5.91 Å². The van der Waals surface area contributed by atoms with Crippen molar-refractivity contribution in [2.75, 3.05) is 38.3 Å². The predicted octanol–water partition coefficient (Wildman–Crippen LogP) is 3.69. The second-order valence-corrected chi connectivity index (χ2v) is 8.56. The van der Waals surface area contributed by atoms with Crippen LogP contribution in [0.3, 0.4) is 0 Å². The fraction of sp³-hybridized carbons (Fsp3) is 0.348. The zero-order valence-corrected chi connectivity index (χ0v) is 18.1. The minimum Gasteiger partial charge on any atom is -0.497 e. The summed E-state index contributed by atoms with van der Waals surface area (Å²) >= 11 is 1.46. The van der Waals surface area contributed by atoms with Gasteiger partial charge in [-0.15, -0.1) is 0 Å². The van der Waals surface area contributed by atoms with Gasteiger partial charge >= 0.3 is 0 Å². The molecular formula is C23H26N4O2S. The van der Waals surface area contributed by atoms with Crippen molar-refractivity contribution in [3.63, 3.8) is 0 Å². The topological polar surface area (TPSA) is 66.3 Å². The number of likely N-dealkylation sites (tertiary alicyclic amines) is 1. The van der Waals surface area contributed by atoms with E-state index in [1.54, 1.807) is 13.2 Å². The van der Waals surface area contributed by atoms with Gasteiger partial charge in [-0.2, -0.15) is 0 Å². The van der Waals surface area contributed by atoms with E-state index < -0.39 is 0 Å². The summed E-state index contributed by atoms with van der Waals surface area (Å²) in [6, 6.07) is 17.5. The molecule has 7 heteroatoms. The molecule has 0 aromatic heterocycles. The Morgan fingerprint density at radius 2 is 1.90 bits per heavy atom. The van der Waals surface area contributed by atoms with Crippen LogP contribution >= 0.6 is 11.8 Å². The Kier molecular flexibility index (Phi) is 6.20. The molecule has 2 aromatic carbocycles. The normalized spacial score (nSPS) is 18.1. The van der Waals surface area contributed by atoms with Crippen molar-refractivity contribution in [1.29, 1.82) is 0 Å². The Morgan fingerprint density at radius 1 is 1.13 bits per heavy atom. The highest BCUT2D eigenvalue weighted by Gasteiger charge is 2.39. The zero-order valence-electron chi connectivity index (χ0n) is 17.3. The largest absolute Gasteiger partial charge is 0.497 e. The van der Waals surface area contributed by atoms with Crippen molar-refractivity contribution < 1.29 is 9.53 Å². The molecule has 0 atom stereocenters. The molecule has 2 aliphatic rings. The molecule has 1 amide bonds. The Balaban J connectivity index is 1.48. The number of ether oxygens (including phenoxy) is 1. The van der Waals surface area contributed by atoms with Crippen molar-refractivity contribution in [2.24, 2.45) is 9.98 Å². The summed E-state index contributed by atoms with van der Waals surface area (Å²) in [5, 5.41) is 3.78. The summed E-state index contributed by atoms with van der Waals surface area (Å²) in [6.45, 7) is 1.95. The van der Waals surface area contributed by atoms with E-state index >= 15 is 0 Å². The molecular weight excluding hydrogens is 396 g/mol. The molecule has 2 aromatic rings. The molecule has 0 saturated carbocycles. The molecule has 0 aliphatic carbocycles. The number of anilines is 1. The third-order valence-electron chi connectivity index (χ3n) is 5.36. The van der Waals surface area contributed by atoms with Gasteiger partial charge < -0.3 is 15.0 Å². The maximum atomic E-state index is 12.5. The summed E-state index contributed by atoms with van der Waals surface area (Å²) in [5.74, 6) is 0.911. The second-order valence-electron chi connectivity index (χ2n) is 7.60. The number of hydrogen-bond donors (Lipinski definition) is 1. The fourth-order valence-corrected chi connectivity index (χ4v) is 4.51. The van der Waals surface area contributed by atoms with Crippen LogP contribution in [-0.4, -0.2) is 60.2 Å². The number of carbonyl (C=O) groups excluding carboxylic acids is 1. The number of amides is 1. The van der Waals surface area contributed by atoms with Crippen molar-refractivity contribution in [3.8, 4) is 5.75 Å². The van der Waals surface area contributed by atoms with Gasteiger partial charge in [-0.1, -0.05) is 48.2 Å². The highest BCUT2D eigenvalue weighted by molar-refractivity contribution is 8.16. The number of nitrogens with zero attached hydrogens (tertiary/aromatic N) is 3. The van der Waals surface area contributed by atoms with E-state index in [1.807, 2.05) is 36.4 Å². The summed E-state index contributed by atoms with van der Waals surface area (Å²) in [7, 11) is 3.74. The van der Waals surface area contributed by atoms with Crippen LogP contribution in [-0.2, 0) is 4.79 Å². The minimum absolute atomic E-state index is 0.0762. The third-order valence-corrected chi connectivity index (χ3v) is 6.33. The van der Waals surface area contributed by atoms with E-state index in [-0.39, 0.29) is 17.3 Å². The molecule has 2 aliphatic heterocycles. The van der Waals surface area contributed by atoms with Gasteiger partial charge in [0.05, 0.1) is 18.6 Å². The molecule has 1 fully saturated rings. The lowest BCUT2D eigenvalue weighted by atomic mass is 9.99. The number of piperidine rings is 1. The Bertz CT molecular complexity index is 966. The summed E-state index contributed by atoms with van der Waals surface area (Å²) in [6.07, 6.45) is 1.81. The second kappa shape index (κ2) is 9.02. The molecule has 30 heavy (non-hydrogen) atoms. The number of nitrogens with one attached hydrogen (secondary N) is 1. The first-order valence-corrected chi connectivity index (χ1v) is 11.1. The average molecular weight is 423 g/mol. The molecule has 6 nitrogen and oxygen atoms in total. The van der Waals surface area contributed by atoms with Crippen LogP contribution in [0.1, 0.15) is 18.4 Å². The Labute approximate surface area is 181 Å². The van der Waals surface area contributed by atoms with E-state index in [0.717, 1.165) is 47.9 Å². The van der Waals surface area contributed by atoms with E-state index in [9.17, 15) is 4.79 Å². The quantitative estimate of drug-likeness (QED) is 0.798. The van der Waals surface area contributed by atoms with Crippen molar-refractivity contribution in [3.05, 3.63) is 60.2 Å². The van der Waals surface area contributed by atoms with Crippen LogP contribution in [0.5, 0.6) is 5.75 Å². The minimum atomic E-state index is -0.386. The SMILES string of the molecule is COc1cccc(NC(=O)CSC2=NC3(CCN(C)CC3)N=C2c2ccccc2)c1. The van der Waals surface area contributed by atoms with E-state index in [1.165, 1.54) is 11.8 Å². The van der Waals surface area contributed by atoms with Crippen LogP contribution in [0.2, 0.25) is 0 Å². The van der Waals surface area contributed by atoms with E-state index in [2.05, 4.69) is 29.4 Å². The summed E-state index contributed by atoms with van der Waals surface area (Å²) in [4.78, 5) is 25.0. The molecule has 2 heterocycles. The van der Waals surface area contributed by atoms with Gasteiger partial charge in [0, 0.05) is 43.2 Å². The summed E-state index contributed by atoms with van der Waals surface area (Å²) in [5.41, 5.74) is 2.28. The fourth-order valence-electron chi connectivity index (χ4n) is 3.64.